The summed E-state index contributed by atoms with van der Waals surface area (Å²) >= 11 is 0. The van der Waals surface area contributed by atoms with Crippen molar-refractivity contribution in [1.29, 1.82) is 0 Å². The molecule has 2 amide bonds. The molecule has 2 aromatic rings. The number of carbonyl (C=O) groups is 1. The van der Waals surface area contributed by atoms with Gasteiger partial charge in [0.15, 0.2) is 0 Å². The lowest BCUT2D eigenvalue weighted by Crippen LogP contribution is -2.35. The summed E-state index contributed by atoms with van der Waals surface area (Å²) in [6.45, 7) is 1.84. The first-order valence-electron chi connectivity index (χ1n) is 5.83. The summed E-state index contributed by atoms with van der Waals surface area (Å²) in [7, 11) is 1.93. The molecular formula is C12H17N5O. The second-order valence-electron chi connectivity index (χ2n) is 4.06. The van der Waals surface area contributed by atoms with Crippen LogP contribution in [0.5, 0.6) is 0 Å². The first kappa shape index (κ1) is 12.4. The van der Waals surface area contributed by atoms with E-state index in [0.29, 0.717) is 19.6 Å². The van der Waals surface area contributed by atoms with Crippen molar-refractivity contribution in [3.63, 3.8) is 0 Å². The van der Waals surface area contributed by atoms with Crippen LogP contribution in [0.2, 0.25) is 0 Å². The van der Waals surface area contributed by atoms with Gasteiger partial charge in [-0.2, -0.15) is 5.10 Å². The van der Waals surface area contributed by atoms with Crippen molar-refractivity contribution >= 4 is 16.9 Å². The molecule has 6 heteroatoms. The molecule has 0 aliphatic carbocycles. The molecule has 0 radical (unpaired) electrons. The largest absolute Gasteiger partial charge is 0.352 e. The fraction of sp³-hybridized carbons (Fsp3) is 0.333. The van der Waals surface area contributed by atoms with Crippen LogP contribution < -0.4 is 16.4 Å². The van der Waals surface area contributed by atoms with Crippen LogP contribution in [0.1, 0.15) is 5.69 Å². The molecule has 0 saturated heterocycles. The second kappa shape index (κ2) is 5.50. The molecule has 96 valence electrons. The zero-order valence-electron chi connectivity index (χ0n) is 10.3. The number of benzene rings is 1. The Balaban J connectivity index is 1.94. The van der Waals surface area contributed by atoms with Gasteiger partial charge in [0.2, 0.25) is 0 Å². The van der Waals surface area contributed by atoms with Crippen molar-refractivity contribution in [3.05, 3.63) is 30.0 Å². The Hall–Kier alpha value is -2.08. The van der Waals surface area contributed by atoms with Crippen molar-refractivity contribution in [3.8, 4) is 0 Å². The topological polar surface area (TPSA) is 85.0 Å². The summed E-state index contributed by atoms with van der Waals surface area (Å²) in [5.74, 6) is 0. The van der Waals surface area contributed by atoms with E-state index < -0.39 is 6.03 Å². The predicted molar refractivity (Wildman–Crippen MR) is 70.0 cm³/mol. The van der Waals surface area contributed by atoms with Gasteiger partial charge in [0.1, 0.15) is 0 Å². The maximum atomic E-state index is 10.5. The highest BCUT2D eigenvalue weighted by Crippen LogP contribution is 2.16. The lowest BCUT2D eigenvalue weighted by atomic mass is 10.2. The van der Waals surface area contributed by atoms with Gasteiger partial charge >= 0.3 is 6.03 Å². The number of nitrogens with one attached hydrogen (secondary N) is 2. The Kier molecular flexibility index (Phi) is 3.78. The van der Waals surface area contributed by atoms with E-state index in [1.165, 1.54) is 0 Å². The number of carbonyl (C=O) groups excluding carboxylic acids is 1. The third-order valence-electron chi connectivity index (χ3n) is 2.73. The molecule has 0 aliphatic rings. The number of fused-ring (bicyclic) bond motifs is 1. The van der Waals surface area contributed by atoms with Gasteiger partial charge in [-0.1, -0.05) is 18.2 Å². The maximum Gasteiger partial charge on any atom is 0.312 e. The number of primary amides is 1. The van der Waals surface area contributed by atoms with Crippen LogP contribution in [-0.4, -0.2) is 28.9 Å². The number of aromatic nitrogens is 2. The minimum atomic E-state index is -0.500. The lowest BCUT2D eigenvalue weighted by Gasteiger charge is -2.03. The molecule has 0 unspecified atom stereocenters. The fourth-order valence-electron chi connectivity index (χ4n) is 1.90. The van der Waals surface area contributed by atoms with E-state index in [4.69, 9.17) is 5.73 Å². The van der Waals surface area contributed by atoms with Crippen LogP contribution in [0, 0.1) is 0 Å². The number of nitrogens with two attached hydrogens (primary N) is 1. The van der Waals surface area contributed by atoms with E-state index in [0.717, 1.165) is 16.6 Å². The highest BCUT2D eigenvalue weighted by Gasteiger charge is 2.06. The molecule has 0 saturated carbocycles. The maximum absolute atomic E-state index is 10.5. The van der Waals surface area contributed by atoms with E-state index in [1.807, 2.05) is 29.9 Å². The first-order valence-corrected chi connectivity index (χ1v) is 5.83. The van der Waals surface area contributed by atoms with Gasteiger partial charge in [0.05, 0.1) is 11.2 Å². The summed E-state index contributed by atoms with van der Waals surface area (Å²) in [5.41, 5.74) is 7.09. The summed E-state index contributed by atoms with van der Waals surface area (Å²) < 4.78 is 1.87. The molecule has 0 aliphatic heterocycles. The molecule has 0 atom stereocenters. The van der Waals surface area contributed by atoms with Gasteiger partial charge < -0.3 is 16.4 Å². The van der Waals surface area contributed by atoms with Crippen molar-refractivity contribution in [2.45, 2.75) is 6.54 Å². The van der Waals surface area contributed by atoms with Crippen LogP contribution in [0.3, 0.4) is 0 Å². The molecule has 1 heterocycles. The number of hydrogen-bond acceptors (Lipinski definition) is 3. The van der Waals surface area contributed by atoms with Crippen LogP contribution in [0.25, 0.3) is 10.9 Å². The number of amides is 2. The Morgan fingerprint density at radius 1 is 1.39 bits per heavy atom. The molecule has 18 heavy (non-hydrogen) atoms. The summed E-state index contributed by atoms with van der Waals surface area (Å²) in [5, 5.41) is 11.4. The van der Waals surface area contributed by atoms with Crippen molar-refractivity contribution in [2.24, 2.45) is 12.8 Å². The van der Waals surface area contributed by atoms with Crippen LogP contribution in [0.15, 0.2) is 24.3 Å². The minimum Gasteiger partial charge on any atom is -0.352 e. The first-order chi connectivity index (χ1) is 8.68. The van der Waals surface area contributed by atoms with Gasteiger partial charge in [0.25, 0.3) is 0 Å². The highest BCUT2D eigenvalue weighted by molar-refractivity contribution is 5.81. The van der Waals surface area contributed by atoms with E-state index in [2.05, 4.69) is 21.8 Å². The van der Waals surface area contributed by atoms with Crippen molar-refractivity contribution in [1.82, 2.24) is 20.4 Å². The van der Waals surface area contributed by atoms with E-state index in [9.17, 15) is 4.79 Å². The average molecular weight is 247 g/mol. The van der Waals surface area contributed by atoms with E-state index in [1.54, 1.807) is 0 Å². The third kappa shape index (κ3) is 2.78. The van der Waals surface area contributed by atoms with Crippen LogP contribution in [0.4, 0.5) is 4.79 Å². The zero-order valence-corrected chi connectivity index (χ0v) is 10.3. The smallest absolute Gasteiger partial charge is 0.312 e. The normalized spacial score (nSPS) is 10.7. The molecule has 4 N–H and O–H groups in total. The number of aryl methyl sites for hydroxylation is 1. The second-order valence-corrected chi connectivity index (χ2v) is 4.06. The Bertz CT molecular complexity index is 548. The number of urea groups is 1. The standard InChI is InChI=1S/C12H17N5O/c1-17-11-5-3-2-4-9(11)10(16-17)8-14-6-7-15-12(13)18/h2-5,14H,6-8H2,1H3,(H3,13,15,18). The molecule has 0 bridgehead atoms. The van der Waals surface area contributed by atoms with Gasteiger partial charge in [-0.3, -0.25) is 4.68 Å². The van der Waals surface area contributed by atoms with Gasteiger partial charge in [0, 0.05) is 32.1 Å². The Morgan fingerprint density at radius 3 is 2.94 bits per heavy atom. The number of hydrogen-bond donors (Lipinski definition) is 3. The Labute approximate surface area is 105 Å². The summed E-state index contributed by atoms with van der Waals surface area (Å²) in [6, 6.07) is 7.60. The Morgan fingerprint density at radius 2 is 2.17 bits per heavy atom. The molecule has 0 spiro atoms. The summed E-state index contributed by atoms with van der Waals surface area (Å²) in [6.07, 6.45) is 0. The van der Waals surface area contributed by atoms with Crippen molar-refractivity contribution in [2.75, 3.05) is 13.1 Å². The average Bonchev–Trinajstić information content (AvgIpc) is 2.66. The molecular weight excluding hydrogens is 230 g/mol. The van der Waals surface area contributed by atoms with Gasteiger partial charge in [-0.15, -0.1) is 0 Å². The summed E-state index contributed by atoms with van der Waals surface area (Å²) in [4.78, 5) is 10.5. The minimum absolute atomic E-state index is 0.500. The monoisotopic (exact) mass is 247 g/mol. The fourth-order valence-corrected chi connectivity index (χ4v) is 1.90. The molecule has 0 fully saturated rings. The van der Waals surface area contributed by atoms with Gasteiger partial charge in [-0.25, -0.2) is 4.79 Å². The number of para-hydroxylation sites is 1. The molecule has 2 rings (SSSR count). The number of rotatable bonds is 5. The highest BCUT2D eigenvalue weighted by atomic mass is 16.2. The lowest BCUT2D eigenvalue weighted by molar-refractivity contribution is 0.249. The van der Waals surface area contributed by atoms with Crippen LogP contribution in [-0.2, 0) is 13.6 Å². The molecule has 6 nitrogen and oxygen atoms in total. The zero-order chi connectivity index (χ0) is 13.0. The number of nitrogens with zero attached hydrogens (tertiary/aromatic N) is 2. The van der Waals surface area contributed by atoms with E-state index in [-0.39, 0.29) is 0 Å². The van der Waals surface area contributed by atoms with Crippen molar-refractivity contribution < 1.29 is 4.79 Å². The van der Waals surface area contributed by atoms with E-state index >= 15 is 0 Å². The predicted octanol–water partition coefficient (Wildman–Crippen LogP) is 0.331. The SMILES string of the molecule is Cn1nc(CNCCNC(N)=O)c2ccccc21. The molecule has 1 aromatic heterocycles. The van der Waals surface area contributed by atoms with Gasteiger partial charge in [-0.05, 0) is 6.07 Å². The van der Waals surface area contributed by atoms with Crippen LogP contribution >= 0.6 is 0 Å². The quantitative estimate of drug-likeness (QED) is 0.666. The third-order valence-corrected chi connectivity index (χ3v) is 2.73. The molecule has 1 aromatic carbocycles.